The fourth-order valence-electron chi connectivity index (χ4n) is 4.17. The predicted molar refractivity (Wildman–Crippen MR) is 134 cm³/mol. The molecule has 0 N–H and O–H groups in total. The fraction of sp³-hybridized carbons (Fsp3) is 0.0741. The lowest BCUT2D eigenvalue weighted by molar-refractivity contribution is -0.384. The number of nitro groups is 1. The summed E-state index contributed by atoms with van der Waals surface area (Å²) in [6, 6.07) is 27.9. The van der Waals surface area contributed by atoms with Crippen molar-refractivity contribution in [2.45, 2.75) is 13.2 Å². The lowest BCUT2D eigenvalue weighted by atomic mass is 10.1. The summed E-state index contributed by atoms with van der Waals surface area (Å²) in [6.45, 7) is 0.556. The SMILES string of the molecule is O=[N+]([O-])c1ccc(-c2nnc(Cn3c(COc4cccc5ccccc45)nc4ccccc43)o2)cc1. The second-order valence-electron chi connectivity index (χ2n) is 8.17. The molecule has 0 amide bonds. The van der Waals surface area contributed by atoms with Crippen LogP contribution in [0.4, 0.5) is 5.69 Å². The van der Waals surface area contributed by atoms with Crippen molar-refractivity contribution < 1.29 is 14.1 Å². The number of para-hydroxylation sites is 2. The number of hydrogen-bond acceptors (Lipinski definition) is 7. The van der Waals surface area contributed by atoms with Crippen LogP contribution in [0.15, 0.2) is 95.4 Å². The molecule has 9 heteroatoms. The molecule has 0 aliphatic carbocycles. The molecule has 176 valence electrons. The van der Waals surface area contributed by atoms with Crippen LogP contribution in [0.3, 0.4) is 0 Å². The number of nitrogens with zero attached hydrogens (tertiary/aromatic N) is 5. The van der Waals surface area contributed by atoms with Gasteiger partial charge < -0.3 is 13.7 Å². The Hall–Kier alpha value is -5.05. The maximum atomic E-state index is 10.9. The van der Waals surface area contributed by atoms with Crippen LogP contribution in [0.25, 0.3) is 33.3 Å². The molecule has 0 atom stereocenters. The highest BCUT2D eigenvalue weighted by Gasteiger charge is 2.16. The van der Waals surface area contributed by atoms with Gasteiger partial charge in [-0.3, -0.25) is 10.1 Å². The summed E-state index contributed by atoms with van der Waals surface area (Å²) < 4.78 is 14.1. The standard InChI is InChI=1S/C27H19N5O4/c33-32(34)20-14-12-19(13-15-20)27-30-29-26(36-27)16-31-23-10-4-3-9-22(23)28-25(31)17-35-24-11-5-7-18-6-1-2-8-21(18)24/h1-15H,16-17H2. The average molecular weight is 477 g/mol. The van der Waals surface area contributed by atoms with Gasteiger partial charge in [0.15, 0.2) is 0 Å². The molecule has 4 aromatic carbocycles. The third-order valence-electron chi connectivity index (χ3n) is 5.93. The molecular formula is C27H19N5O4. The molecule has 0 bridgehead atoms. The number of ether oxygens (including phenoxy) is 1. The molecule has 6 aromatic rings. The second kappa shape index (κ2) is 8.95. The first-order chi connectivity index (χ1) is 17.7. The van der Waals surface area contributed by atoms with Crippen LogP contribution >= 0.6 is 0 Å². The van der Waals surface area contributed by atoms with E-state index in [1.165, 1.54) is 12.1 Å². The van der Waals surface area contributed by atoms with Crippen LogP contribution in [-0.4, -0.2) is 24.7 Å². The summed E-state index contributed by atoms with van der Waals surface area (Å²) in [7, 11) is 0. The zero-order valence-electron chi connectivity index (χ0n) is 18.9. The van der Waals surface area contributed by atoms with Gasteiger partial charge in [0.05, 0.1) is 16.0 Å². The highest BCUT2D eigenvalue weighted by atomic mass is 16.6. The van der Waals surface area contributed by atoms with Gasteiger partial charge in [0.2, 0.25) is 11.8 Å². The van der Waals surface area contributed by atoms with Gasteiger partial charge >= 0.3 is 0 Å². The van der Waals surface area contributed by atoms with E-state index in [0.717, 1.165) is 33.4 Å². The molecule has 0 aliphatic rings. The van der Waals surface area contributed by atoms with Gasteiger partial charge in [-0.05, 0) is 35.7 Å². The average Bonchev–Trinajstić information content (AvgIpc) is 3.52. The Balaban J connectivity index is 1.29. The smallest absolute Gasteiger partial charge is 0.269 e. The molecule has 0 fully saturated rings. The van der Waals surface area contributed by atoms with E-state index in [-0.39, 0.29) is 18.2 Å². The van der Waals surface area contributed by atoms with Crippen molar-refractivity contribution in [3.8, 4) is 17.2 Å². The Labute approximate surface area is 204 Å². The summed E-state index contributed by atoms with van der Waals surface area (Å²) in [5.74, 6) is 2.18. The second-order valence-corrected chi connectivity index (χ2v) is 8.17. The number of aromatic nitrogens is 4. The van der Waals surface area contributed by atoms with Crippen LogP contribution in [0.1, 0.15) is 11.7 Å². The van der Waals surface area contributed by atoms with E-state index in [4.69, 9.17) is 14.1 Å². The minimum Gasteiger partial charge on any atom is -0.485 e. The van der Waals surface area contributed by atoms with Gasteiger partial charge in [-0.25, -0.2) is 4.98 Å². The van der Waals surface area contributed by atoms with Crippen molar-refractivity contribution in [1.82, 2.24) is 19.7 Å². The number of nitro benzene ring substituents is 1. The highest BCUT2D eigenvalue weighted by Crippen LogP contribution is 2.27. The Bertz CT molecular complexity index is 1700. The van der Waals surface area contributed by atoms with Crippen LogP contribution in [0.5, 0.6) is 5.75 Å². The van der Waals surface area contributed by atoms with Gasteiger partial charge in [-0.15, -0.1) is 10.2 Å². The molecule has 0 radical (unpaired) electrons. The number of imidazole rings is 1. The number of non-ortho nitro benzene ring substituents is 1. The molecule has 2 aromatic heterocycles. The van der Waals surface area contributed by atoms with Gasteiger partial charge in [-0.2, -0.15) is 0 Å². The minimum absolute atomic E-state index is 0.000731. The third kappa shape index (κ3) is 4.03. The molecule has 0 spiro atoms. The molecule has 6 rings (SSSR count). The Morgan fingerprint density at radius 2 is 1.67 bits per heavy atom. The zero-order valence-corrected chi connectivity index (χ0v) is 18.9. The predicted octanol–water partition coefficient (Wildman–Crippen LogP) is 5.78. The molecule has 36 heavy (non-hydrogen) atoms. The highest BCUT2D eigenvalue weighted by molar-refractivity contribution is 5.88. The van der Waals surface area contributed by atoms with Crippen molar-refractivity contribution >= 4 is 27.5 Å². The van der Waals surface area contributed by atoms with Crippen molar-refractivity contribution in [3.05, 3.63) is 113 Å². The fourth-order valence-corrected chi connectivity index (χ4v) is 4.17. The minimum atomic E-state index is -0.449. The summed E-state index contributed by atoms with van der Waals surface area (Å²) in [6.07, 6.45) is 0. The van der Waals surface area contributed by atoms with Crippen molar-refractivity contribution in [1.29, 1.82) is 0 Å². The molecule has 2 heterocycles. The zero-order chi connectivity index (χ0) is 24.5. The maximum absolute atomic E-state index is 10.9. The van der Waals surface area contributed by atoms with E-state index in [0.29, 0.717) is 18.0 Å². The summed E-state index contributed by atoms with van der Waals surface area (Å²) in [4.78, 5) is 15.2. The Kier molecular flexibility index (Phi) is 5.34. The van der Waals surface area contributed by atoms with Gasteiger partial charge in [0.25, 0.3) is 5.69 Å². The number of benzene rings is 4. The lowest BCUT2D eigenvalue weighted by Gasteiger charge is -2.11. The number of hydrogen-bond donors (Lipinski definition) is 0. The van der Waals surface area contributed by atoms with E-state index < -0.39 is 4.92 Å². The van der Waals surface area contributed by atoms with E-state index in [2.05, 4.69) is 22.3 Å². The monoisotopic (exact) mass is 477 g/mol. The first kappa shape index (κ1) is 21.5. The first-order valence-electron chi connectivity index (χ1n) is 11.3. The summed E-state index contributed by atoms with van der Waals surface area (Å²) in [5, 5.41) is 21.4. The van der Waals surface area contributed by atoms with Crippen LogP contribution in [-0.2, 0) is 13.2 Å². The lowest BCUT2D eigenvalue weighted by Crippen LogP contribution is -2.09. The molecule has 0 aliphatic heterocycles. The van der Waals surface area contributed by atoms with Gasteiger partial charge in [-0.1, -0.05) is 48.5 Å². The van der Waals surface area contributed by atoms with Crippen LogP contribution in [0.2, 0.25) is 0 Å². The topological polar surface area (TPSA) is 109 Å². The quantitative estimate of drug-likeness (QED) is 0.212. The van der Waals surface area contributed by atoms with E-state index in [1.807, 2.05) is 59.2 Å². The number of fused-ring (bicyclic) bond motifs is 2. The van der Waals surface area contributed by atoms with Crippen molar-refractivity contribution in [3.63, 3.8) is 0 Å². The normalized spacial score (nSPS) is 11.2. The Morgan fingerprint density at radius 3 is 2.53 bits per heavy atom. The summed E-state index contributed by atoms with van der Waals surface area (Å²) in [5.41, 5.74) is 2.36. The largest absolute Gasteiger partial charge is 0.485 e. The van der Waals surface area contributed by atoms with E-state index in [9.17, 15) is 10.1 Å². The van der Waals surface area contributed by atoms with Gasteiger partial charge in [0, 0.05) is 23.1 Å². The molecule has 9 nitrogen and oxygen atoms in total. The third-order valence-corrected chi connectivity index (χ3v) is 5.93. The van der Waals surface area contributed by atoms with Crippen molar-refractivity contribution in [2.75, 3.05) is 0 Å². The number of rotatable bonds is 7. The molecule has 0 saturated heterocycles. The van der Waals surface area contributed by atoms with Crippen molar-refractivity contribution in [2.24, 2.45) is 0 Å². The Morgan fingerprint density at radius 1 is 0.889 bits per heavy atom. The van der Waals surface area contributed by atoms with Crippen LogP contribution in [0, 0.1) is 10.1 Å². The van der Waals surface area contributed by atoms with E-state index >= 15 is 0 Å². The van der Waals surface area contributed by atoms with Gasteiger partial charge in [0.1, 0.15) is 24.7 Å². The molecular weight excluding hydrogens is 458 g/mol. The summed E-state index contributed by atoms with van der Waals surface area (Å²) >= 11 is 0. The maximum Gasteiger partial charge on any atom is 0.269 e. The van der Waals surface area contributed by atoms with E-state index in [1.54, 1.807) is 12.1 Å². The molecule has 0 saturated carbocycles. The first-order valence-corrected chi connectivity index (χ1v) is 11.3. The van der Waals surface area contributed by atoms with Crippen LogP contribution < -0.4 is 4.74 Å². The molecule has 0 unspecified atom stereocenters.